The molecule has 3 rings (SSSR count). The van der Waals surface area contributed by atoms with Crippen LogP contribution < -0.4 is 0 Å². The van der Waals surface area contributed by atoms with Crippen molar-refractivity contribution in [1.29, 1.82) is 0 Å². The fourth-order valence-corrected chi connectivity index (χ4v) is 4.08. The maximum absolute atomic E-state index is 15.0. The Balaban J connectivity index is 2.41. The van der Waals surface area contributed by atoms with Crippen LogP contribution in [0.3, 0.4) is 0 Å². The Labute approximate surface area is 182 Å². The number of carboxylic acids is 1. The number of phenols is 1. The quantitative estimate of drug-likeness (QED) is 0.511. The summed E-state index contributed by atoms with van der Waals surface area (Å²) in [4.78, 5) is 25.5. The number of hydrogen-bond donors (Lipinski definition) is 2. The number of benzene rings is 2. The van der Waals surface area contributed by atoms with Gasteiger partial charge >= 0.3 is 5.97 Å². The molecule has 5 nitrogen and oxygen atoms in total. The Bertz CT molecular complexity index is 1190. The minimum Gasteiger partial charge on any atom is -0.505 e. The summed E-state index contributed by atoms with van der Waals surface area (Å²) in [5.74, 6) is -4.40. The normalized spacial score (nSPS) is 12.9. The Hall–Kier alpha value is -2.57. The van der Waals surface area contributed by atoms with E-state index in [9.17, 15) is 19.8 Å². The summed E-state index contributed by atoms with van der Waals surface area (Å²) in [6.07, 6.45) is 0. The number of carbonyl (C=O) groups excluding carboxylic acids is 1. The molecule has 0 amide bonds. The van der Waals surface area contributed by atoms with E-state index in [-0.39, 0.29) is 37.8 Å². The molecule has 0 saturated heterocycles. The number of aliphatic carboxylic acids is 1. The van der Waals surface area contributed by atoms with Crippen LogP contribution in [0.2, 0.25) is 10.0 Å². The fourth-order valence-electron chi connectivity index (χ4n) is 3.78. The van der Waals surface area contributed by atoms with Crippen molar-refractivity contribution in [2.24, 2.45) is 5.41 Å². The first-order valence-electron chi connectivity index (χ1n) is 9.11. The number of aromatic nitrogens is 1. The molecular formula is C22H20Cl2FNO4. The predicted molar refractivity (Wildman–Crippen MR) is 114 cm³/mol. The van der Waals surface area contributed by atoms with Crippen LogP contribution in [-0.4, -0.2) is 26.7 Å². The van der Waals surface area contributed by atoms with Crippen LogP contribution in [0.15, 0.2) is 30.3 Å². The minimum absolute atomic E-state index is 0.0942. The first-order valence-corrected chi connectivity index (χ1v) is 9.86. The number of carbonyl (C=O) groups is 2. The van der Waals surface area contributed by atoms with E-state index in [4.69, 9.17) is 23.2 Å². The van der Waals surface area contributed by atoms with Crippen molar-refractivity contribution in [3.8, 4) is 5.75 Å². The first-order chi connectivity index (χ1) is 13.9. The van der Waals surface area contributed by atoms with Gasteiger partial charge in [0.1, 0.15) is 0 Å². The van der Waals surface area contributed by atoms with E-state index in [0.717, 1.165) is 6.07 Å². The molecule has 3 aromatic rings. The standard InChI is InChI=1S/C22H20Cl2FNO4/c1-10-16(18(21(29)30)22(2,3)4)17-14(7-8-15(27)19(17)25)26(10)20(28)11-5-6-12(23)13(24)9-11/h5-9,18,27H,1-4H3,(H,29,30). The number of rotatable bonds is 3. The van der Waals surface area contributed by atoms with Crippen molar-refractivity contribution < 1.29 is 24.2 Å². The van der Waals surface area contributed by atoms with E-state index in [2.05, 4.69) is 0 Å². The third kappa shape index (κ3) is 3.55. The average Bonchev–Trinajstić information content (AvgIpc) is 2.91. The van der Waals surface area contributed by atoms with Crippen LogP contribution in [0.5, 0.6) is 5.75 Å². The van der Waals surface area contributed by atoms with Crippen molar-refractivity contribution in [3.05, 3.63) is 63.0 Å². The van der Waals surface area contributed by atoms with Crippen molar-refractivity contribution in [3.63, 3.8) is 0 Å². The largest absolute Gasteiger partial charge is 0.505 e. The number of fused-ring (bicyclic) bond motifs is 1. The predicted octanol–water partition coefficient (Wildman–Crippen LogP) is 6.00. The first kappa shape index (κ1) is 22.1. The summed E-state index contributed by atoms with van der Waals surface area (Å²) < 4.78 is 16.3. The highest BCUT2D eigenvalue weighted by molar-refractivity contribution is 6.42. The molecule has 0 saturated carbocycles. The molecule has 0 fully saturated rings. The topological polar surface area (TPSA) is 79.5 Å². The molecule has 0 aliphatic heterocycles. The van der Waals surface area contributed by atoms with E-state index in [1.54, 1.807) is 27.7 Å². The number of hydrogen-bond acceptors (Lipinski definition) is 3. The maximum atomic E-state index is 15.0. The number of nitrogens with zero attached hydrogens (tertiary/aromatic N) is 1. The van der Waals surface area contributed by atoms with E-state index >= 15 is 4.39 Å². The van der Waals surface area contributed by atoms with Gasteiger partial charge in [0.25, 0.3) is 5.91 Å². The SMILES string of the molecule is Cc1c(C(C(=O)O)C(C)(C)C)c2c(F)c(O)ccc2n1C(=O)c1ccc(Cl)c(Cl)c1. The highest BCUT2D eigenvalue weighted by Crippen LogP contribution is 2.44. The van der Waals surface area contributed by atoms with Gasteiger partial charge in [-0.25, -0.2) is 4.39 Å². The van der Waals surface area contributed by atoms with Crippen LogP contribution in [0.1, 0.15) is 48.3 Å². The number of phenolic OH excluding ortho intramolecular Hbond substituents is 1. The molecule has 1 atom stereocenters. The van der Waals surface area contributed by atoms with E-state index in [1.165, 1.54) is 28.8 Å². The van der Waals surface area contributed by atoms with Gasteiger partial charge in [0.15, 0.2) is 11.6 Å². The van der Waals surface area contributed by atoms with Crippen molar-refractivity contribution in [2.75, 3.05) is 0 Å². The highest BCUT2D eigenvalue weighted by atomic mass is 35.5. The zero-order valence-electron chi connectivity index (χ0n) is 16.8. The second kappa shape index (κ2) is 7.60. The summed E-state index contributed by atoms with van der Waals surface area (Å²) in [6.45, 7) is 6.71. The Morgan fingerprint density at radius 2 is 1.73 bits per heavy atom. The number of halogens is 3. The summed E-state index contributed by atoms with van der Waals surface area (Å²) in [5.41, 5.74) is -0.0172. The van der Waals surface area contributed by atoms with E-state index in [0.29, 0.717) is 0 Å². The highest BCUT2D eigenvalue weighted by Gasteiger charge is 2.38. The lowest BCUT2D eigenvalue weighted by Crippen LogP contribution is -2.27. The second-order valence-corrected chi connectivity index (χ2v) is 9.01. The summed E-state index contributed by atoms with van der Waals surface area (Å²) >= 11 is 12.0. The summed E-state index contributed by atoms with van der Waals surface area (Å²) in [5, 5.41) is 20.2. The monoisotopic (exact) mass is 451 g/mol. The van der Waals surface area contributed by atoms with Crippen LogP contribution in [0.25, 0.3) is 10.9 Å². The fraction of sp³-hybridized carbons (Fsp3) is 0.273. The summed E-state index contributed by atoms with van der Waals surface area (Å²) in [6, 6.07) is 6.87. The number of aromatic hydroxyl groups is 1. The van der Waals surface area contributed by atoms with Gasteiger partial charge in [-0.05, 0) is 48.2 Å². The van der Waals surface area contributed by atoms with Crippen LogP contribution in [0.4, 0.5) is 4.39 Å². The van der Waals surface area contributed by atoms with Gasteiger partial charge in [-0.15, -0.1) is 0 Å². The van der Waals surface area contributed by atoms with Gasteiger partial charge in [-0.2, -0.15) is 0 Å². The Morgan fingerprint density at radius 3 is 2.27 bits per heavy atom. The van der Waals surface area contributed by atoms with Crippen molar-refractivity contribution in [1.82, 2.24) is 4.57 Å². The van der Waals surface area contributed by atoms with Crippen molar-refractivity contribution >= 4 is 46.0 Å². The molecule has 2 N–H and O–H groups in total. The van der Waals surface area contributed by atoms with Gasteiger partial charge < -0.3 is 10.2 Å². The molecule has 1 heterocycles. The lowest BCUT2D eigenvalue weighted by molar-refractivity contribution is -0.141. The summed E-state index contributed by atoms with van der Waals surface area (Å²) in [7, 11) is 0. The molecule has 0 spiro atoms. The molecule has 0 radical (unpaired) electrons. The molecular weight excluding hydrogens is 432 g/mol. The lowest BCUT2D eigenvalue weighted by atomic mass is 9.75. The molecule has 0 aliphatic rings. The van der Waals surface area contributed by atoms with Crippen LogP contribution >= 0.6 is 23.2 Å². The maximum Gasteiger partial charge on any atom is 0.311 e. The zero-order valence-corrected chi connectivity index (χ0v) is 18.3. The number of carboxylic acid groups (broad SMARTS) is 1. The molecule has 158 valence electrons. The average molecular weight is 452 g/mol. The molecule has 2 aromatic carbocycles. The van der Waals surface area contributed by atoms with Gasteiger partial charge in [0.2, 0.25) is 0 Å². The van der Waals surface area contributed by atoms with Gasteiger partial charge in [0, 0.05) is 16.6 Å². The Morgan fingerprint density at radius 1 is 1.10 bits per heavy atom. The van der Waals surface area contributed by atoms with Crippen molar-refractivity contribution in [2.45, 2.75) is 33.6 Å². The molecule has 1 aromatic heterocycles. The third-order valence-electron chi connectivity index (χ3n) is 5.11. The molecule has 0 aliphatic carbocycles. The van der Waals surface area contributed by atoms with Crippen LogP contribution in [0, 0.1) is 18.2 Å². The van der Waals surface area contributed by atoms with Crippen LogP contribution in [-0.2, 0) is 4.79 Å². The molecule has 0 bridgehead atoms. The van der Waals surface area contributed by atoms with E-state index in [1.807, 2.05) is 0 Å². The molecule has 1 unspecified atom stereocenters. The third-order valence-corrected chi connectivity index (χ3v) is 5.85. The molecule has 8 heteroatoms. The minimum atomic E-state index is -1.16. The van der Waals surface area contributed by atoms with Gasteiger partial charge in [-0.3, -0.25) is 14.2 Å². The zero-order chi connectivity index (χ0) is 22.5. The van der Waals surface area contributed by atoms with E-state index < -0.39 is 34.8 Å². The smallest absolute Gasteiger partial charge is 0.311 e. The Kier molecular flexibility index (Phi) is 5.60. The molecule has 30 heavy (non-hydrogen) atoms. The van der Waals surface area contributed by atoms with Gasteiger partial charge in [0.05, 0.1) is 21.5 Å². The second-order valence-electron chi connectivity index (χ2n) is 8.20. The van der Waals surface area contributed by atoms with Gasteiger partial charge in [-0.1, -0.05) is 44.0 Å². The lowest BCUT2D eigenvalue weighted by Gasteiger charge is -2.28.